The third-order valence-corrected chi connectivity index (χ3v) is 3.47. The number of nitrogens with zero attached hydrogens (tertiary/aromatic N) is 2. The Kier molecular flexibility index (Phi) is 3.89. The predicted octanol–water partition coefficient (Wildman–Crippen LogP) is 2.00. The van der Waals surface area contributed by atoms with Crippen LogP contribution in [0, 0.1) is 5.92 Å². The lowest BCUT2D eigenvalue weighted by atomic mass is 10.2. The summed E-state index contributed by atoms with van der Waals surface area (Å²) in [4.78, 5) is 15.8. The molecule has 0 atom stereocenters. The Morgan fingerprint density at radius 1 is 1.56 bits per heavy atom. The molecule has 0 radical (unpaired) electrons. The highest BCUT2D eigenvalue weighted by Crippen LogP contribution is 2.33. The zero-order chi connectivity index (χ0) is 13.1. The topological polar surface area (TPSA) is 70.1 Å². The molecule has 2 rings (SSSR count). The summed E-state index contributed by atoms with van der Waals surface area (Å²) in [6.45, 7) is 2.86. The molecule has 0 amide bonds. The Morgan fingerprint density at radius 2 is 2.28 bits per heavy atom. The summed E-state index contributed by atoms with van der Waals surface area (Å²) in [5.41, 5.74) is 6.24. The van der Waals surface area contributed by atoms with Crippen LogP contribution < -0.4 is 5.73 Å². The van der Waals surface area contributed by atoms with Crippen LogP contribution >= 0.6 is 0 Å². The first-order valence-corrected chi connectivity index (χ1v) is 6.60. The first kappa shape index (κ1) is 12.9. The molecule has 1 aromatic rings. The number of imidazole rings is 1. The van der Waals surface area contributed by atoms with Crippen molar-refractivity contribution in [3.63, 3.8) is 0 Å². The van der Waals surface area contributed by atoms with Crippen molar-refractivity contribution in [3.8, 4) is 0 Å². The smallest absolute Gasteiger partial charge is 0.360 e. The number of anilines is 1. The van der Waals surface area contributed by atoms with E-state index in [9.17, 15) is 4.79 Å². The molecule has 1 aliphatic carbocycles. The van der Waals surface area contributed by atoms with Crippen molar-refractivity contribution >= 4 is 11.8 Å². The molecule has 0 bridgehead atoms. The van der Waals surface area contributed by atoms with E-state index in [0.717, 1.165) is 31.1 Å². The molecule has 2 N–H and O–H groups in total. The zero-order valence-electron chi connectivity index (χ0n) is 11.1. The standard InChI is InChI=1S/C13H21N3O2/c1-3-10-15-11(13(17)18-2)12(14)16(10)8-4-5-9-6-7-9/h9H,3-8,14H2,1-2H3. The molecular weight excluding hydrogens is 230 g/mol. The van der Waals surface area contributed by atoms with Crippen LogP contribution in [0.15, 0.2) is 0 Å². The van der Waals surface area contributed by atoms with E-state index in [1.807, 2.05) is 11.5 Å². The van der Waals surface area contributed by atoms with Crippen LogP contribution in [-0.2, 0) is 17.7 Å². The maximum atomic E-state index is 11.5. The van der Waals surface area contributed by atoms with Crippen molar-refractivity contribution in [2.24, 2.45) is 5.92 Å². The fourth-order valence-corrected chi connectivity index (χ4v) is 2.22. The molecule has 1 aromatic heterocycles. The second-order valence-electron chi connectivity index (χ2n) is 4.84. The number of aryl methyl sites for hydroxylation is 1. The van der Waals surface area contributed by atoms with E-state index < -0.39 is 5.97 Å². The maximum absolute atomic E-state index is 11.5. The number of hydrogen-bond acceptors (Lipinski definition) is 4. The van der Waals surface area contributed by atoms with Gasteiger partial charge in [0.15, 0.2) is 5.69 Å². The highest BCUT2D eigenvalue weighted by Gasteiger charge is 2.22. The SMILES string of the molecule is CCc1nc(C(=O)OC)c(N)n1CCCC1CC1. The molecule has 0 unspecified atom stereocenters. The second kappa shape index (κ2) is 5.42. The summed E-state index contributed by atoms with van der Waals surface area (Å²) in [5, 5.41) is 0. The number of carbonyl (C=O) groups excluding carboxylic acids is 1. The molecule has 1 aliphatic rings. The lowest BCUT2D eigenvalue weighted by Crippen LogP contribution is -2.09. The molecule has 1 saturated carbocycles. The van der Waals surface area contributed by atoms with Crippen molar-refractivity contribution in [3.05, 3.63) is 11.5 Å². The Hall–Kier alpha value is -1.52. The number of hydrogen-bond donors (Lipinski definition) is 1. The Bertz CT molecular complexity index is 436. The van der Waals surface area contributed by atoms with Gasteiger partial charge in [0.2, 0.25) is 0 Å². The molecule has 5 heteroatoms. The summed E-state index contributed by atoms with van der Waals surface area (Å²) in [6.07, 6.45) is 5.85. The van der Waals surface area contributed by atoms with Crippen LogP contribution in [-0.4, -0.2) is 22.6 Å². The van der Waals surface area contributed by atoms with Gasteiger partial charge in [-0.1, -0.05) is 19.8 Å². The van der Waals surface area contributed by atoms with Gasteiger partial charge in [-0.3, -0.25) is 0 Å². The third-order valence-electron chi connectivity index (χ3n) is 3.47. The largest absolute Gasteiger partial charge is 0.464 e. The molecule has 0 aliphatic heterocycles. The van der Waals surface area contributed by atoms with E-state index in [0.29, 0.717) is 5.82 Å². The molecule has 18 heavy (non-hydrogen) atoms. The van der Waals surface area contributed by atoms with Gasteiger partial charge >= 0.3 is 5.97 Å². The Labute approximate surface area is 107 Å². The van der Waals surface area contributed by atoms with Gasteiger partial charge < -0.3 is 15.0 Å². The van der Waals surface area contributed by atoms with E-state index in [1.165, 1.54) is 26.4 Å². The molecule has 0 saturated heterocycles. The number of esters is 1. The lowest BCUT2D eigenvalue weighted by molar-refractivity contribution is 0.0595. The van der Waals surface area contributed by atoms with Crippen LogP contribution in [0.25, 0.3) is 0 Å². The predicted molar refractivity (Wildman–Crippen MR) is 69.3 cm³/mol. The molecule has 0 spiro atoms. The summed E-state index contributed by atoms with van der Waals surface area (Å²) in [7, 11) is 1.35. The monoisotopic (exact) mass is 251 g/mol. The number of aromatic nitrogens is 2. The third kappa shape index (κ3) is 2.66. The number of nitrogens with two attached hydrogens (primary N) is 1. The number of rotatable bonds is 6. The van der Waals surface area contributed by atoms with Gasteiger partial charge in [-0.15, -0.1) is 0 Å². The summed E-state index contributed by atoms with van der Waals surface area (Å²) >= 11 is 0. The van der Waals surface area contributed by atoms with Gasteiger partial charge in [-0.05, 0) is 18.8 Å². The van der Waals surface area contributed by atoms with Crippen molar-refractivity contribution < 1.29 is 9.53 Å². The van der Waals surface area contributed by atoms with Crippen molar-refractivity contribution in [2.75, 3.05) is 12.8 Å². The summed E-state index contributed by atoms with van der Waals surface area (Å²) in [5.74, 6) is 1.77. The van der Waals surface area contributed by atoms with E-state index in [2.05, 4.69) is 9.72 Å². The molecule has 1 fully saturated rings. The number of nitrogen functional groups attached to an aromatic ring is 1. The van der Waals surface area contributed by atoms with Gasteiger partial charge in [-0.25, -0.2) is 9.78 Å². The van der Waals surface area contributed by atoms with Crippen LogP contribution in [0.1, 0.15) is 48.9 Å². The Morgan fingerprint density at radius 3 is 2.83 bits per heavy atom. The average molecular weight is 251 g/mol. The highest BCUT2D eigenvalue weighted by atomic mass is 16.5. The van der Waals surface area contributed by atoms with Gasteiger partial charge in [-0.2, -0.15) is 0 Å². The van der Waals surface area contributed by atoms with Crippen LogP contribution in [0.4, 0.5) is 5.82 Å². The van der Waals surface area contributed by atoms with Gasteiger partial charge in [0, 0.05) is 13.0 Å². The minimum Gasteiger partial charge on any atom is -0.464 e. The molecule has 1 heterocycles. The van der Waals surface area contributed by atoms with E-state index in [1.54, 1.807) is 0 Å². The molecule has 5 nitrogen and oxygen atoms in total. The number of carbonyl (C=O) groups is 1. The molecule has 100 valence electrons. The van der Waals surface area contributed by atoms with Crippen molar-refractivity contribution in [1.82, 2.24) is 9.55 Å². The summed E-state index contributed by atoms with van der Waals surface area (Å²) < 4.78 is 6.64. The minimum atomic E-state index is -0.455. The fourth-order valence-electron chi connectivity index (χ4n) is 2.22. The van der Waals surface area contributed by atoms with E-state index >= 15 is 0 Å². The van der Waals surface area contributed by atoms with E-state index in [4.69, 9.17) is 5.73 Å². The normalized spacial score (nSPS) is 14.8. The van der Waals surface area contributed by atoms with Crippen molar-refractivity contribution in [1.29, 1.82) is 0 Å². The van der Waals surface area contributed by atoms with Crippen LogP contribution in [0.3, 0.4) is 0 Å². The lowest BCUT2D eigenvalue weighted by Gasteiger charge is -2.08. The summed E-state index contributed by atoms with van der Waals surface area (Å²) in [6, 6.07) is 0. The van der Waals surface area contributed by atoms with Gasteiger partial charge in [0.05, 0.1) is 7.11 Å². The molecular formula is C13H21N3O2. The first-order chi connectivity index (χ1) is 8.67. The first-order valence-electron chi connectivity index (χ1n) is 6.60. The fraction of sp³-hybridized carbons (Fsp3) is 0.692. The van der Waals surface area contributed by atoms with Gasteiger partial charge in [0.25, 0.3) is 0 Å². The molecule has 0 aromatic carbocycles. The second-order valence-corrected chi connectivity index (χ2v) is 4.84. The van der Waals surface area contributed by atoms with Crippen LogP contribution in [0.2, 0.25) is 0 Å². The van der Waals surface area contributed by atoms with Gasteiger partial charge in [0.1, 0.15) is 11.6 Å². The number of methoxy groups -OCH3 is 1. The minimum absolute atomic E-state index is 0.251. The van der Waals surface area contributed by atoms with Crippen LogP contribution in [0.5, 0.6) is 0 Å². The van der Waals surface area contributed by atoms with Crippen molar-refractivity contribution in [2.45, 2.75) is 45.6 Å². The Balaban J connectivity index is 2.10. The maximum Gasteiger partial charge on any atom is 0.360 e. The highest BCUT2D eigenvalue weighted by molar-refractivity contribution is 5.92. The van der Waals surface area contributed by atoms with E-state index in [-0.39, 0.29) is 5.69 Å². The average Bonchev–Trinajstić information content (AvgIpc) is 3.14. The number of ether oxygens (including phenoxy) is 1. The zero-order valence-corrected chi connectivity index (χ0v) is 11.1. The quantitative estimate of drug-likeness (QED) is 0.785.